The normalized spacial score (nSPS) is 13.4. The first-order chi connectivity index (χ1) is 13.1. The van der Waals surface area contributed by atoms with E-state index in [9.17, 15) is 9.59 Å². The van der Waals surface area contributed by atoms with Gasteiger partial charge in [-0.05, 0) is 42.8 Å². The molecule has 1 atom stereocenters. The highest BCUT2D eigenvalue weighted by molar-refractivity contribution is 5.89. The van der Waals surface area contributed by atoms with E-state index in [1.807, 2.05) is 25.1 Å². The van der Waals surface area contributed by atoms with Gasteiger partial charge in [0.05, 0.1) is 18.7 Å². The van der Waals surface area contributed by atoms with Gasteiger partial charge in [0.2, 0.25) is 0 Å². The summed E-state index contributed by atoms with van der Waals surface area (Å²) < 4.78 is 21.2. The molecule has 3 rings (SSSR count). The molecule has 0 aliphatic carbocycles. The van der Waals surface area contributed by atoms with Gasteiger partial charge in [0.25, 0.3) is 5.91 Å². The average molecular weight is 371 g/mol. The minimum atomic E-state index is -0.461. The fourth-order valence-corrected chi connectivity index (χ4v) is 2.68. The van der Waals surface area contributed by atoms with Gasteiger partial charge in [0, 0.05) is 0 Å². The van der Waals surface area contributed by atoms with Crippen LogP contribution in [0.15, 0.2) is 42.5 Å². The molecule has 2 aromatic rings. The summed E-state index contributed by atoms with van der Waals surface area (Å²) in [5.74, 6) is 1.06. The molecule has 0 saturated carbocycles. The van der Waals surface area contributed by atoms with Crippen molar-refractivity contribution < 1.29 is 28.5 Å². The van der Waals surface area contributed by atoms with Gasteiger partial charge in [-0.25, -0.2) is 4.79 Å². The Labute approximate surface area is 157 Å². The standard InChI is InChI=1S/C20H21NO6/c1-13(14-6-7-17-18(11-14)26-9-8-25-17)21-19(22)12-27-16-5-3-4-15(10-16)20(23)24-2/h3-7,10-11,13H,8-9,12H2,1-2H3,(H,21,22). The summed E-state index contributed by atoms with van der Waals surface area (Å²) in [4.78, 5) is 23.7. The fraction of sp³-hybridized carbons (Fsp3) is 0.300. The molecule has 1 unspecified atom stereocenters. The van der Waals surface area contributed by atoms with Crippen molar-refractivity contribution in [3.63, 3.8) is 0 Å². The molecule has 27 heavy (non-hydrogen) atoms. The summed E-state index contributed by atoms with van der Waals surface area (Å²) in [5.41, 5.74) is 1.26. The Kier molecular flexibility index (Phi) is 5.80. The minimum Gasteiger partial charge on any atom is -0.486 e. The lowest BCUT2D eigenvalue weighted by molar-refractivity contribution is -0.123. The van der Waals surface area contributed by atoms with Crippen molar-refractivity contribution in [2.45, 2.75) is 13.0 Å². The summed E-state index contributed by atoms with van der Waals surface area (Å²) in [6.45, 7) is 2.75. The quantitative estimate of drug-likeness (QED) is 0.786. The fourth-order valence-electron chi connectivity index (χ4n) is 2.68. The molecule has 1 heterocycles. The lowest BCUT2D eigenvalue weighted by Crippen LogP contribution is -2.31. The van der Waals surface area contributed by atoms with E-state index >= 15 is 0 Å². The average Bonchev–Trinajstić information content (AvgIpc) is 2.71. The van der Waals surface area contributed by atoms with Gasteiger partial charge in [-0.2, -0.15) is 0 Å². The SMILES string of the molecule is COC(=O)c1cccc(OCC(=O)NC(C)c2ccc3c(c2)OCCO3)c1. The third-order valence-electron chi connectivity index (χ3n) is 4.07. The zero-order valence-corrected chi connectivity index (χ0v) is 15.2. The highest BCUT2D eigenvalue weighted by atomic mass is 16.6. The van der Waals surface area contributed by atoms with Gasteiger partial charge in [-0.15, -0.1) is 0 Å². The van der Waals surface area contributed by atoms with Crippen LogP contribution in [0.25, 0.3) is 0 Å². The number of esters is 1. The van der Waals surface area contributed by atoms with Crippen molar-refractivity contribution in [1.82, 2.24) is 5.32 Å². The Bertz CT molecular complexity index is 835. The van der Waals surface area contributed by atoms with Gasteiger partial charge in [0.1, 0.15) is 19.0 Å². The van der Waals surface area contributed by atoms with Crippen LogP contribution in [-0.2, 0) is 9.53 Å². The van der Waals surface area contributed by atoms with Crippen LogP contribution in [-0.4, -0.2) is 38.8 Å². The van der Waals surface area contributed by atoms with E-state index in [1.54, 1.807) is 18.2 Å². The Hall–Kier alpha value is -3.22. The smallest absolute Gasteiger partial charge is 0.337 e. The highest BCUT2D eigenvalue weighted by Crippen LogP contribution is 2.32. The van der Waals surface area contributed by atoms with E-state index in [1.165, 1.54) is 13.2 Å². The molecule has 0 radical (unpaired) electrons. The number of carbonyl (C=O) groups is 2. The van der Waals surface area contributed by atoms with Crippen LogP contribution in [0.3, 0.4) is 0 Å². The van der Waals surface area contributed by atoms with Crippen LogP contribution in [0.4, 0.5) is 0 Å². The molecule has 1 aliphatic rings. The molecule has 7 nitrogen and oxygen atoms in total. The maximum absolute atomic E-state index is 12.2. The van der Waals surface area contributed by atoms with Crippen LogP contribution < -0.4 is 19.5 Å². The van der Waals surface area contributed by atoms with E-state index in [4.69, 9.17) is 14.2 Å². The minimum absolute atomic E-state index is 0.167. The molecule has 1 N–H and O–H groups in total. The molecule has 0 fully saturated rings. The van der Waals surface area contributed by atoms with E-state index in [2.05, 4.69) is 10.1 Å². The predicted molar refractivity (Wildman–Crippen MR) is 97.3 cm³/mol. The number of fused-ring (bicyclic) bond motifs is 1. The van der Waals surface area contributed by atoms with Crippen LogP contribution >= 0.6 is 0 Å². The van der Waals surface area contributed by atoms with Crippen LogP contribution in [0.2, 0.25) is 0 Å². The second kappa shape index (κ2) is 8.44. The molecule has 0 saturated heterocycles. The topological polar surface area (TPSA) is 83.1 Å². The number of nitrogens with one attached hydrogen (secondary N) is 1. The Morgan fingerprint density at radius 2 is 1.89 bits per heavy atom. The number of benzene rings is 2. The first-order valence-electron chi connectivity index (χ1n) is 8.57. The number of hydrogen-bond acceptors (Lipinski definition) is 6. The van der Waals surface area contributed by atoms with Crippen molar-refractivity contribution in [2.24, 2.45) is 0 Å². The largest absolute Gasteiger partial charge is 0.486 e. The van der Waals surface area contributed by atoms with Crippen molar-refractivity contribution in [1.29, 1.82) is 0 Å². The van der Waals surface area contributed by atoms with E-state index in [-0.39, 0.29) is 18.6 Å². The molecule has 142 valence electrons. The monoisotopic (exact) mass is 371 g/mol. The molecule has 2 aromatic carbocycles. The zero-order chi connectivity index (χ0) is 19.2. The molecule has 7 heteroatoms. The van der Waals surface area contributed by atoms with Crippen LogP contribution in [0.5, 0.6) is 17.2 Å². The van der Waals surface area contributed by atoms with Gasteiger partial charge in [-0.3, -0.25) is 4.79 Å². The van der Waals surface area contributed by atoms with E-state index in [0.717, 1.165) is 5.56 Å². The van der Waals surface area contributed by atoms with Crippen LogP contribution in [0.1, 0.15) is 28.9 Å². The summed E-state index contributed by atoms with van der Waals surface area (Å²) in [5, 5.41) is 2.87. The summed E-state index contributed by atoms with van der Waals surface area (Å²) in [7, 11) is 1.31. The van der Waals surface area contributed by atoms with Crippen molar-refractivity contribution in [2.75, 3.05) is 26.9 Å². The second-order valence-corrected chi connectivity index (χ2v) is 6.00. The zero-order valence-electron chi connectivity index (χ0n) is 15.2. The number of ether oxygens (including phenoxy) is 4. The third-order valence-corrected chi connectivity index (χ3v) is 4.07. The molecular weight excluding hydrogens is 350 g/mol. The number of hydrogen-bond donors (Lipinski definition) is 1. The molecule has 1 aliphatic heterocycles. The Balaban J connectivity index is 1.55. The lowest BCUT2D eigenvalue weighted by Gasteiger charge is -2.21. The molecule has 1 amide bonds. The summed E-state index contributed by atoms with van der Waals surface area (Å²) in [6.07, 6.45) is 0. The summed E-state index contributed by atoms with van der Waals surface area (Å²) >= 11 is 0. The maximum atomic E-state index is 12.2. The predicted octanol–water partition coefficient (Wildman–Crippen LogP) is 2.50. The van der Waals surface area contributed by atoms with Crippen molar-refractivity contribution >= 4 is 11.9 Å². The molecule has 0 aromatic heterocycles. The van der Waals surface area contributed by atoms with Gasteiger partial charge < -0.3 is 24.3 Å². The number of carbonyl (C=O) groups excluding carboxylic acids is 2. The third kappa shape index (κ3) is 4.69. The Morgan fingerprint density at radius 1 is 1.11 bits per heavy atom. The van der Waals surface area contributed by atoms with Crippen molar-refractivity contribution in [3.8, 4) is 17.2 Å². The number of methoxy groups -OCH3 is 1. The molecule has 0 spiro atoms. The van der Waals surface area contributed by atoms with E-state index < -0.39 is 5.97 Å². The van der Waals surface area contributed by atoms with Gasteiger partial charge in [-0.1, -0.05) is 12.1 Å². The van der Waals surface area contributed by atoms with Crippen molar-refractivity contribution in [3.05, 3.63) is 53.6 Å². The Morgan fingerprint density at radius 3 is 2.67 bits per heavy atom. The summed E-state index contributed by atoms with van der Waals surface area (Å²) in [6, 6.07) is 11.8. The second-order valence-electron chi connectivity index (χ2n) is 6.00. The first kappa shape index (κ1) is 18.6. The molecular formula is C20H21NO6. The van der Waals surface area contributed by atoms with E-state index in [0.29, 0.717) is 36.0 Å². The van der Waals surface area contributed by atoms with Gasteiger partial charge in [0.15, 0.2) is 18.1 Å². The number of amides is 1. The maximum Gasteiger partial charge on any atom is 0.337 e. The van der Waals surface area contributed by atoms with Crippen LogP contribution in [0, 0.1) is 0 Å². The molecule has 0 bridgehead atoms. The lowest BCUT2D eigenvalue weighted by atomic mass is 10.1. The number of rotatable bonds is 6. The first-order valence-corrected chi connectivity index (χ1v) is 8.57. The van der Waals surface area contributed by atoms with Gasteiger partial charge >= 0.3 is 5.97 Å². The highest BCUT2D eigenvalue weighted by Gasteiger charge is 2.16.